The Bertz CT molecular complexity index is 565. The van der Waals surface area contributed by atoms with Crippen LogP contribution in [-0.2, 0) is 21.9 Å². The summed E-state index contributed by atoms with van der Waals surface area (Å²) in [6, 6.07) is 9.06. The smallest absolute Gasteiger partial charge is 0.213 e. The second kappa shape index (κ2) is 6.07. The molecule has 1 heterocycles. The van der Waals surface area contributed by atoms with Crippen molar-refractivity contribution < 1.29 is 8.42 Å². The van der Waals surface area contributed by atoms with Crippen LogP contribution in [0.5, 0.6) is 0 Å². The molecule has 2 unspecified atom stereocenters. The molecule has 4 nitrogen and oxygen atoms in total. The summed E-state index contributed by atoms with van der Waals surface area (Å²) in [7, 11) is -3.41. The quantitative estimate of drug-likeness (QED) is 0.896. The summed E-state index contributed by atoms with van der Waals surface area (Å²) in [5.41, 5.74) is 2.79. The molecule has 1 aromatic carbocycles. The zero-order valence-electron chi connectivity index (χ0n) is 13.1. The van der Waals surface area contributed by atoms with E-state index in [1.165, 1.54) is 11.1 Å². The van der Waals surface area contributed by atoms with Crippen molar-refractivity contribution in [3.05, 3.63) is 35.4 Å². The van der Waals surface area contributed by atoms with Crippen LogP contribution in [0, 0.1) is 0 Å². The van der Waals surface area contributed by atoms with E-state index in [1.807, 2.05) is 0 Å². The van der Waals surface area contributed by atoms with Crippen molar-refractivity contribution in [2.24, 2.45) is 5.14 Å². The molecule has 2 atom stereocenters. The molecular weight excluding hydrogens is 284 g/mol. The zero-order valence-corrected chi connectivity index (χ0v) is 13.9. The lowest BCUT2D eigenvalue weighted by atomic mass is 9.86. The molecule has 1 aliphatic heterocycles. The van der Waals surface area contributed by atoms with Crippen molar-refractivity contribution >= 4 is 10.0 Å². The van der Waals surface area contributed by atoms with Crippen LogP contribution >= 0.6 is 0 Å². The summed E-state index contributed by atoms with van der Waals surface area (Å²) in [6.07, 6.45) is 2.43. The van der Waals surface area contributed by atoms with Crippen LogP contribution in [0.3, 0.4) is 0 Å². The minimum atomic E-state index is -3.41. The maximum Gasteiger partial charge on any atom is 0.213 e. The number of hydrogen-bond donors (Lipinski definition) is 2. The molecule has 5 heteroatoms. The van der Waals surface area contributed by atoms with Crippen molar-refractivity contribution in [2.75, 3.05) is 6.54 Å². The van der Waals surface area contributed by atoms with Crippen LogP contribution in [0.1, 0.15) is 44.7 Å². The van der Waals surface area contributed by atoms with E-state index in [0.717, 1.165) is 12.8 Å². The van der Waals surface area contributed by atoms with Gasteiger partial charge in [0, 0.05) is 12.6 Å². The predicted octanol–water partition coefficient (Wildman–Crippen LogP) is 1.94. The number of benzene rings is 1. The first-order valence-corrected chi connectivity index (χ1v) is 9.11. The maximum atomic E-state index is 11.3. The number of primary sulfonamides is 1. The largest absolute Gasteiger partial charge is 0.312 e. The molecule has 1 aliphatic rings. The van der Waals surface area contributed by atoms with E-state index in [1.54, 1.807) is 0 Å². The Labute approximate surface area is 128 Å². The fourth-order valence-electron chi connectivity index (χ4n) is 2.77. The van der Waals surface area contributed by atoms with Crippen LogP contribution in [0.2, 0.25) is 0 Å². The van der Waals surface area contributed by atoms with Crippen LogP contribution in [0.4, 0.5) is 0 Å². The number of nitrogens with one attached hydrogen (secondary N) is 1. The monoisotopic (exact) mass is 310 g/mol. The summed E-state index contributed by atoms with van der Waals surface area (Å²) in [4.78, 5) is 0. The van der Waals surface area contributed by atoms with Gasteiger partial charge in [-0.05, 0) is 35.8 Å². The van der Waals surface area contributed by atoms with E-state index < -0.39 is 15.3 Å². The average molecular weight is 310 g/mol. The minimum absolute atomic E-state index is 0.171. The Kier molecular flexibility index (Phi) is 4.76. The van der Waals surface area contributed by atoms with E-state index in [2.05, 4.69) is 50.4 Å². The van der Waals surface area contributed by atoms with Gasteiger partial charge in [-0.25, -0.2) is 13.6 Å². The molecule has 0 saturated carbocycles. The fraction of sp³-hybridized carbons (Fsp3) is 0.625. The molecule has 3 N–H and O–H groups in total. The number of nitrogens with two attached hydrogens (primary N) is 1. The van der Waals surface area contributed by atoms with Gasteiger partial charge in [-0.15, -0.1) is 0 Å². The first-order chi connectivity index (χ1) is 9.66. The van der Waals surface area contributed by atoms with Crippen molar-refractivity contribution in [1.29, 1.82) is 0 Å². The highest BCUT2D eigenvalue weighted by Crippen LogP contribution is 2.23. The molecule has 1 aromatic rings. The van der Waals surface area contributed by atoms with E-state index in [4.69, 9.17) is 5.14 Å². The van der Waals surface area contributed by atoms with Crippen molar-refractivity contribution in [2.45, 2.75) is 56.7 Å². The first-order valence-electron chi connectivity index (χ1n) is 7.50. The highest BCUT2D eigenvalue weighted by atomic mass is 32.2. The fourth-order valence-corrected chi connectivity index (χ4v) is 3.56. The Morgan fingerprint density at radius 2 is 1.81 bits per heavy atom. The second-order valence-electron chi connectivity index (χ2n) is 7.04. The van der Waals surface area contributed by atoms with Crippen molar-refractivity contribution in [3.8, 4) is 0 Å². The molecule has 0 aromatic heterocycles. The van der Waals surface area contributed by atoms with Crippen molar-refractivity contribution in [1.82, 2.24) is 5.32 Å². The van der Waals surface area contributed by atoms with E-state index in [-0.39, 0.29) is 5.41 Å². The molecule has 0 bridgehead atoms. The maximum absolute atomic E-state index is 11.3. The van der Waals surface area contributed by atoms with Gasteiger partial charge in [0.1, 0.15) is 0 Å². The number of rotatable bonds is 3. The zero-order chi connectivity index (χ0) is 15.7. The van der Waals surface area contributed by atoms with Crippen LogP contribution < -0.4 is 10.5 Å². The average Bonchev–Trinajstić information content (AvgIpc) is 2.38. The number of hydrogen-bond acceptors (Lipinski definition) is 3. The predicted molar refractivity (Wildman–Crippen MR) is 86.8 cm³/mol. The molecule has 0 aliphatic carbocycles. The molecule has 2 rings (SSSR count). The second-order valence-corrected chi connectivity index (χ2v) is 8.89. The van der Waals surface area contributed by atoms with Gasteiger partial charge in [0.05, 0.1) is 5.25 Å². The third-order valence-electron chi connectivity index (χ3n) is 4.24. The summed E-state index contributed by atoms with van der Waals surface area (Å²) < 4.78 is 22.6. The molecule has 1 fully saturated rings. The summed E-state index contributed by atoms with van der Waals surface area (Å²) in [5.74, 6) is 0. The van der Waals surface area contributed by atoms with Crippen LogP contribution in [-0.4, -0.2) is 26.3 Å². The van der Waals surface area contributed by atoms with Gasteiger partial charge in [0.25, 0.3) is 0 Å². The molecule has 0 radical (unpaired) electrons. The normalized spacial score (nSPS) is 24.0. The van der Waals surface area contributed by atoms with Gasteiger partial charge in [0.15, 0.2) is 0 Å². The van der Waals surface area contributed by atoms with Gasteiger partial charge >= 0.3 is 0 Å². The van der Waals surface area contributed by atoms with Gasteiger partial charge in [-0.2, -0.15) is 0 Å². The number of piperidine rings is 1. The highest BCUT2D eigenvalue weighted by molar-refractivity contribution is 7.89. The SMILES string of the molecule is CC(C)(C)c1ccc(CC2CCC(S(N)(=O)=O)CN2)cc1. The van der Waals surface area contributed by atoms with Gasteiger partial charge < -0.3 is 5.32 Å². The lowest BCUT2D eigenvalue weighted by Crippen LogP contribution is -2.47. The third-order valence-corrected chi connectivity index (χ3v) is 5.57. The summed E-state index contributed by atoms with van der Waals surface area (Å²) in [5, 5.41) is 8.07. The van der Waals surface area contributed by atoms with Gasteiger partial charge in [0.2, 0.25) is 10.0 Å². The van der Waals surface area contributed by atoms with Crippen LogP contribution in [0.15, 0.2) is 24.3 Å². The Morgan fingerprint density at radius 3 is 2.24 bits per heavy atom. The van der Waals surface area contributed by atoms with E-state index in [0.29, 0.717) is 19.0 Å². The first kappa shape index (κ1) is 16.5. The Morgan fingerprint density at radius 1 is 1.19 bits per heavy atom. The third kappa shape index (κ3) is 4.53. The van der Waals surface area contributed by atoms with Crippen molar-refractivity contribution in [3.63, 3.8) is 0 Å². The van der Waals surface area contributed by atoms with Gasteiger partial charge in [-0.3, -0.25) is 0 Å². The van der Waals surface area contributed by atoms with Crippen LogP contribution in [0.25, 0.3) is 0 Å². The topological polar surface area (TPSA) is 72.2 Å². The van der Waals surface area contributed by atoms with E-state index >= 15 is 0 Å². The Balaban J connectivity index is 1.92. The molecule has 0 amide bonds. The standard InChI is InChI=1S/C16H26N2O2S/c1-16(2,3)13-6-4-12(5-7-13)10-14-8-9-15(11-18-14)21(17,19)20/h4-7,14-15,18H,8-11H2,1-3H3,(H2,17,19,20). The van der Waals surface area contributed by atoms with E-state index in [9.17, 15) is 8.42 Å². The Hall–Kier alpha value is -0.910. The molecule has 21 heavy (non-hydrogen) atoms. The summed E-state index contributed by atoms with van der Waals surface area (Å²) in [6.45, 7) is 7.08. The molecule has 1 saturated heterocycles. The lowest BCUT2D eigenvalue weighted by molar-refractivity contribution is 0.396. The minimum Gasteiger partial charge on any atom is -0.312 e. The highest BCUT2D eigenvalue weighted by Gasteiger charge is 2.27. The molecule has 0 spiro atoms. The lowest BCUT2D eigenvalue weighted by Gasteiger charge is -2.29. The van der Waals surface area contributed by atoms with Gasteiger partial charge in [-0.1, -0.05) is 45.0 Å². The summed E-state index contributed by atoms with van der Waals surface area (Å²) >= 11 is 0. The molecule has 118 valence electrons. The number of sulfonamides is 1. The molecular formula is C16H26N2O2S.